The molecular weight excluding hydrogens is 508 g/mol. The summed E-state index contributed by atoms with van der Waals surface area (Å²) < 4.78 is 11.5. The molecule has 1 aliphatic heterocycles. The van der Waals surface area contributed by atoms with Crippen LogP contribution in [0.15, 0.2) is 53.9 Å². The molecule has 37 heavy (non-hydrogen) atoms. The second-order valence-corrected chi connectivity index (χ2v) is 11.1. The van der Waals surface area contributed by atoms with Gasteiger partial charge in [-0.2, -0.15) is 0 Å². The molecule has 8 heteroatoms. The molecule has 0 fully saturated rings. The monoisotopic (exact) mass is 540 g/mol. The summed E-state index contributed by atoms with van der Waals surface area (Å²) in [4.78, 5) is 32.0. The van der Waals surface area contributed by atoms with Crippen LogP contribution in [0.25, 0.3) is 0 Å². The number of aryl methyl sites for hydroxylation is 1. The molecule has 3 aromatic rings. The third kappa shape index (κ3) is 6.46. The minimum absolute atomic E-state index is 0.00421. The Morgan fingerprint density at radius 1 is 1.16 bits per heavy atom. The fraction of sp³-hybridized carbons (Fsp3) is 0.379. The van der Waals surface area contributed by atoms with E-state index in [0.29, 0.717) is 41.8 Å². The minimum Gasteiger partial charge on any atom is -0.497 e. The number of methoxy groups -OCH3 is 1. The van der Waals surface area contributed by atoms with E-state index in [-0.39, 0.29) is 30.3 Å². The zero-order chi connectivity index (χ0) is 26.5. The number of carbonyl (C=O) groups is 2. The average molecular weight is 541 g/mol. The van der Waals surface area contributed by atoms with Gasteiger partial charge in [0.1, 0.15) is 24.7 Å². The van der Waals surface area contributed by atoms with E-state index in [1.54, 1.807) is 47.6 Å². The summed E-state index contributed by atoms with van der Waals surface area (Å²) in [6.45, 7) is 7.41. The van der Waals surface area contributed by atoms with Crippen LogP contribution in [0.5, 0.6) is 11.5 Å². The first kappa shape index (κ1) is 27.0. The van der Waals surface area contributed by atoms with Crippen molar-refractivity contribution in [2.45, 2.75) is 33.2 Å². The van der Waals surface area contributed by atoms with E-state index < -0.39 is 0 Å². The van der Waals surface area contributed by atoms with Crippen molar-refractivity contribution >= 4 is 34.8 Å². The van der Waals surface area contributed by atoms with Crippen molar-refractivity contribution < 1.29 is 19.1 Å². The van der Waals surface area contributed by atoms with Gasteiger partial charge in [-0.3, -0.25) is 9.59 Å². The Morgan fingerprint density at radius 2 is 1.97 bits per heavy atom. The van der Waals surface area contributed by atoms with Crippen molar-refractivity contribution in [3.63, 3.8) is 0 Å². The summed E-state index contributed by atoms with van der Waals surface area (Å²) in [5.41, 5.74) is 2.56. The Hall–Kier alpha value is -3.03. The maximum absolute atomic E-state index is 13.7. The number of hydrogen-bond donors (Lipinski definition) is 0. The van der Waals surface area contributed by atoms with Crippen LogP contribution in [0.2, 0.25) is 5.02 Å². The maximum atomic E-state index is 13.7. The van der Waals surface area contributed by atoms with Crippen LogP contribution in [-0.4, -0.2) is 55.0 Å². The highest BCUT2D eigenvalue weighted by atomic mass is 35.5. The molecule has 0 spiro atoms. The molecule has 0 bridgehead atoms. The van der Waals surface area contributed by atoms with E-state index in [9.17, 15) is 9.59 Å². The Bertz CT molecular complexity index is 1260. The fourth-order valence-corrected chi connectivity index (χ4v) is 5.66. The molecule has 0 radical (unpaired) electrons. The second kappa shape index (κ2) is 12.0. The van der Waals surface area contributed by atoms with Gasteiger partial charge in [0.2, 0.25) is 5.91 Å². The lowest BCUT2D eigenvalue weighted by atomic mass is 10.00. The third-order valence-electron chi connectivity index (χ3n) is 6.47. The lowest BCUT2D eigenvalue weighted by molar-refractivity contribution is -0.135. The largest absolute Gasteiger partial charge is 0.497 e. The van der Waals surface area contributed by atoms with Gasteiger partial charge in [-0.25, -0.2) is 0 Å². The summed E-state index contributed by atoms with van der Waals surface area (Å²) >= 11 is 7.88. The molecule has 4 rings (SSSR count). The molecule has 0 saturated heterocycles. The first-order valence-corrected chi connectivity index (χ1v) is 13.7. The summed E-state index contributed by atoms with van der Waals surface area (Å²) in [6, 6.07) is 14.5. The number of thiophene rings is 1. The Kier molecular flexibility index (Phi) is 8.77. The van der Waals surface area contributed by atoms with Gasteiger partial charge in [-0.15, -0.1) is 11.3 Å². The highest BCUT2D eigenvalue weighted by molar-refractivity contribution is 7.10. The SMILES string of the molecule is COc1cccc(C(=O)N(CC(=O)N2CCc3sccc3[C@H]2COc2ccc(Cl)c(C)c2)CC(C)C)c1. The van der Waals surface area contributed by atoms with Gasteiger partial charge in [0.05, 0.1) is 13.2 Å². The number of carbonyl (C=O) groups excluding carboxylic acids is 2. The predicted octanol–water partition coefficient (Wildman–Crippen LogP) is 6.02. The van der Waals surface area contributed by atoms with Crippen LogP contribution in [0, 0.1) is 12.8 Å². The standard InChI is InChI=1S/C29H33ClN2O4S/c1-19(2)16-31(29(34)21-6-5-7-22(15-21)35-4)17-28(33)32-12-10-27-24(11-13-37-27)26(32)18-36-23-8-9-25(30)20(3)14-23/h5-9,11,13-15,19,26H,10,12,16-18H2,1-4H3/t26-/m1/s1. The molecule has 6 nitrogen and oxygen atoms in total. The zero-order valence-electron chi connectivity index (χ0n) is 21.7. The molecule has 2 aromatic carbocycles. The first-order chi connectivity index (χ1) is 17.8. The van der Waals surface area contributed by atoms with Gasteiger partial charge in [0, 0.05) is 28.6 Å². The molecule has 1 atom stereocenters. The normalized spacial score (nSPS) is 14.9. The molecule has 0 N–H and O–H groups in total. The summed E-state index contributed by atoms with van der Waals surface area (Å²) in [5.74, 6) is 1.26. The second-order valence-electron chi connectivity index (χ2n) is 9.69. The van der Waals surface area contributed by atoms with Crippen LogP contribution < -0.4 is 9.47 Å². The molecule has 196 valence electrons. The van der Waals surface area contributed by atoms with Crippen LogP contribution in [0.1, 0.15) is 46.3 Å². The van der Waals surface area contributed by atoms with Crippen molar-refractivity contribution in [1.29, 1.82) is 0 Å². The Labute approximate surface area is 227 Å². The molecule has 2 heterocycles. The van der Waals surface area contributed by atoms with E-state index in [4.69, 9.17) is 21.1 Å². The summed E-state index contributed by atoms with van der Waals surface area (Å²) in [5, 5.41) is 2.75. The molecule has 2 amide bonds. The van der Waals surface area contributed by atoms with E-state index in [1.807, 2.05) is 43.9 Å². The topological polar surface area (TPSA) is 59.1 Å². The van der Waals surface area contributed by atoms with E-state index in [0.717, 1.165) is 17.5 Å². The zero-order valence-corrected chi connectivity index (χ0v) is 23.3. The smallest absolute Gasteiger partial charge is 0.254 e. The van der Waals surface area contributed by atoms with Gasteiger partial charge < -0.3 is 19.3 Å². The quantitative estimate of drug-likeness (QED) is 0.333. The number of ether oxygens (including phenoxy) is 2. The van der Waals surface area contributed by atoms with E-state index in [2.05, 4.69) is 11.4 Å². The van der Waals surface area contributed by atoms with Gasteiger partial charge in [-0.05, 0) is 78.2 Å². The van der Waals surface area contributed by atoms with Crippen molar-refractivity contribution in [3.05, 3.63) is 80.5 Å². The highest BCUT2D eigenvalue weighted by Gasteiger charge is 2.34. The lowest BCUT2D eigenvalue weighted by Crippen LogP contribution is -2.48. The van der Waals surface area contributed by atoms with Crippen LogP contribution >= 0.6 is 22.9 Å². The Balaban J connectivity index is 1.54. The van der Waals surface area contributed by atoms with Crippen molar-refractivity contribution in [2.24, 2.45) is 5.92 Å². The Morgan fingerprint density at radius 3 is 2.70 bits per heavy atom. The highest BCUT2D eigenvalue weighted by Crippen LogP contribution is 2.34. The van der Waals surface area contributed by atoms with Crippen LogP contribution in [0.4, 0.5) is 0 Å². The first-order valence-electron chi connectivity index (χ1n) is 12.4. The van der Waals surface area contributed by atoms with Crippen LogP contribution in [0.3, 0.4) is 0 Å². The number of fused-ring (bicyclic) bond motifs is 1. The summed E-state index contributed by atoms with van der Waals surface area (Å²) in [7, 11) is 1.57. The molecule has 0 unspecified atom stereocenters. The van der Waals surface area contributed by atoms with E-state index in [1.165, 1.54) is 4.88 Å². The number of hydrogen-bond acceptors (Lipinski definition) is 5. The van der Waals surface area contributed by atoms with Crippen molar-refractivity contribution in [1.82, 2.24) is 9.80 Å². The molecular formula is C29H33ClN2O4S. The molecule has 0 saturated carbocycles. The third-order valence-corrected chi connectivity index (χ3v) is 7.89. The van der Waals surface area contributed by atoms with Gasteiger partial charge in [-0.1, -0.05) is 31.5 Å². The predicted molar refractivity (Wildman–Crippen MR) is 148 cm³/mol. The van der Waals surface area contributed by atoms with Gasteiger partial charge >= 0.3 is 0 Å². The maximum Gasteiger partial charge on any atom is 0.254 e. The van der Waals surface area contributed by atoms with Gasteiger partial charge in [0.25, 0.3) is 5.91 Å². The summed E-state index contributed by atoms with van der Waals surface area (Å²) in [6.07, 6.45) is 0.795. The lowest BCUT2D eigenvalue weighted by Gasteiger charge is -2.37. The fourth-order valence-electron chi connectivity index (χ4n) is 4.61. The average Bonchev–Trinajstić information content (AvgIpc) is 3.37. The van der Waals surface area contributed by atoms with Crippen molar-refractivity contribution in [3.8, 4) is 11.5 Å². The van der Waals surface area contributed by atoms with Crippen LogP contribution in [-0.2, 0) is 11.2 Å². The van der Waals surface area contributed by atoms with Crippen molar-refractivity contribution in [2.75, 3.05) is 33.4 Å². The minimum atomic E-state index is -0.230. The number of rotatable bonds is 9. The number of amides is 2. The molecule has 1 aromatic heterocycles. The van der Waals surface area contributed by atoms with Gasteiger partial charge in [0.15, 0.2) is 0 Å². The molecule has 1 aliphatic rings. The number of nitrogens with zero attached hydrogens (tertiary/aromatic N) is 2. The molecule has 0 aliphatic carbocycles. The number of halogens is 1. The van der Waals surface area contributed by atoms with E-state index >= 15 is 0 Å². The number of benzene rings is 2.